The third-order valence-corrected chi connectivity index (χ3v) is 6.29. The van der Waals surface area contributed by atoms with E-state index in [0.717, 1.165) is 16.1 Å². The molecule has 0 spiro atoms. The lowest BCUT2D eigenvalue weighted by Gasteiger charge is -2.46. The minimum absolute atomic E-state index is 0.162. The third kappa shape index (κ3) is 4.60. The molecule has 1 heterocycles. The zero-order chi connectivity index (χ0) is 21.2. The van der Waals surface area contributed by atoms with E-state index in [-0.39, 0.29) is 19.6 Å². The van der Waals surface area contributed by atoms with Gasteiger partial charge in [0.05, 0.1) is 12.8 Å². The van der Waals surface area contributed by atoms with Crippen molar-refractivity contribution >= 4 is 39.1 Å². The first-order chi connectivity index (χ1) is 13.6. The summed E-state index contributed by atoms with van der Waals surface area (Å²) in [5, 5.41) is 3.24. The highest BCUT2D eigenvalue weighted by Gasteiger charge is 2.50. The fraction of sp³-hybridized carbons (Fsp3) is 0.300. The van der Waals surface area contributed by atoms with Crippen molar-refractivity contribution in [2.75, 3.05) is 24.2 Å². The van der Waals surface area contributed by atoms with Crippen molar-refractivity contribution in [1.82, 2.24) is 9.62 Å². The summed E-state index contributed by atoms with van der Waals surface area (Å²) in [5.74, 6) is -0.954. The number of halogens is 1. The molecule has 1 atom stereocenters. The molecule has 2 amide bonds. The first-order valence-electron chi connectivity index (χ1n) is 8.97. The zero-order valence-electron chi connectivity index (χ0n) is 16.1. The maximum absolute atomic E-state index is 13.2. The molecule has 3 rings (SSSR count). The molecule has 2 aromatic rings. The lowest BCUT2D eigenvalue weighted by molar-refractivity contribution is -0.133. The Morgan fingerprint density at radius 1 is 1.17 bits per heavy atom. The largest absolute Gasteiger partial charge is 0.350 e. The average Bonchev–Trinajstić information content (AvgIpc) is 2.65. The molecule has 0 saturated carbocycles. The van der Waals surface area contributed by atoms with E-state index in [4.69, 9.17) is 11.6 Å². The van der Waals surface area contributed by atoms with Crippen molar-refractivity contribution < 1.29 is 18.0 Å². The van der Waals surface area contributed by atoms with Gasteiger partial charge in [-0.1, -0.05) is 48.0 Å². The molecule has 0 bridgehead atoms. The van der Waals surface area contributed by atoms with Gasteiger partial charge in [0.25, 0.3) is 0 Å². The molecule has 29 heavy (non-hydrogen) atoms. The minimum Gasteiger partial charge on any atom is -0.350 e. The van der Waals surface area contributed by atoms with Crippen LogP contribution in [0.5, 0.6) is 0 Å². The van der Waals surface area contributed by atoms with Crippen LogP contribution in [0.3, 0.4) is 0 Å². The summed E-state index contributed by atoms with van der Waals surface area (Å²) < 4.78 is 25.3. The number of sulfonamides is 1. The van der Waals surface area contributed by atoms with Gasteiger partial charge in [-0.15, -0.1) is 0 Å². The van der Waals surface area contributed by atoms with E-state index in [9.17, 15) is 18.0 Å². The van der Waals surface area contributed by atoms with Crippen LogP contribution in [0.2, 0.25) is 5.02 Å². The Morgan fingerprint density at radius 2 is 1.86 bits per heavy atom. The van der Waals surface area contributed by atoms with Gasteiger partial charge < -0.3 is 5.32 Å². The van der Waals surface area contributed by atoms with Gasteiger partial charge in [-0.05, 0) is 30.7 Å². The zero-order valence-corrected chi connectivity index (χ0v) is 17.7. The number of piperazine rings is 1. The van der Waals surface area contributed by atoms with Crippen LogP contribution in [0.15, 0.2) is 54.6 Å². The average molecular weight is 436 g/mol. The number of carbonyl (C=O) groups excluding carboxylic acids is 2. The van der Waals surface area contributed by atoms with Crippen LogP contribution in [0.4, 0.5) is 5.69 Å². The standard InChI is InChI=1S/C20H22ClN3O4S/c1-20(19(26)22-12-15-7-4-3-5-8-15)14-23(29(2,27)28)13-18(25)24(20)17-10-6-9-16(21)11-17/h3-11H,12-14H2,1-2H3,(H,22,26)/t20-/m1/s1. The fourth-order valence-electron chi connectivity index (χ4n) is 3.39. The highest BCUT2D eigenvalue weighted by molar-refractivity contribution is 7.88. The first-order valence-corrected chi connectivity index (χ1v) is 11.2. The Morgan fingerprint density at radius 3 is 2.48 bits per heavy atom. The smallest absolute Gasteiger partial charge is 0.247 e. The lowest BCUT2D eigenvalue weighted by Crippen LogP contribution is -2.70. The van der Waals surface area contributed by atoms with Gasteiger partial charge in [0.2, 0.25) is 21.8 Å². The van der Waals surface area contributed by atoms with E-state index >= 15 is 0 Å². The second kappa shape index (κ2) is 8.14. The van der Waals surface area contributed by atoms with Gasteiger partial charge in [0.15, 0.2) is 0 Å². The lowest BCUT2D eigenvalue weighted by atomic mass is 9.94. The number of hydrogen-bond acceptors (Lipinski definition) is 4. The van der Waals surface area contributed by atoms with Crippen LogP contribution >= 0.6 is 11.6 Å². The number of anilines is 1. The molecular weight excluding hydrogens is 414 g/mol. The maximum atomic E-state index is 13.2. The number of rotatable bonds is 5. The van der Waals surface area contributed by atoms with Gasteiger partial charge in [0.1, 0.15) is 5.54 Å². The predicted molar refractivity (Wildman–Crippen MR) is 112 cm³/mol. The summed E-state index contributed by atoms with van der Waals surface area (Å²) in [4.78, 5) is 27.5. The maximum Gasteiger partial charge on any atom is 0.247 e. The van der Waals surface area contributed by atoms with E-state index in [2.05, 4.69) is 5.32 Å². The van der Waals surface area contributed by atoms with Crippen molar-refractivity contribution in [1.29, 1.82) is 0 Å². The van der Waals surface area contributed by atoms with E-state index < -0.39 is 27.4 Å². The molecule has 2 aromatic carbocycles. The monoisotopic (exact) mass is 435 g/mol. The molecule has 9 heteroatoms. The van der Waals surface area contributed by atoms with Crippen LogP contribution in [0.25, 0.3) is 0 Å². The number of benzene rings is 2. The third-order valence-electron chi connectivity index (χ3n) is 4.86. The second-order valence-electron chi connectivity index (χ2n) is 7.18. The van der Waals surface area contributed by atoms with Gasteiger partial charge in [-0.3, -0.25) is 14.5 Å². The molecule has 154 valence electrons. The van der Waals surface area contributed by atoms with Crippen LogP contribution in [0, 0.1) is 0 Å². The van der Waals surface area contributed by atoms with Gasteiger partial charge in [-0.25, -0.2) is 8.42 Å². The summed E-state index contributed by atoms with van der Waals surface area (Å²) in [5.41, 5.74) is -0.119. The Kier molecular flexibility index (Phi) is 5.97. The van der Waals surface area contributed by atoms with Crippen molar-refractivity contribution in [3.8, 4) is 0 Å². The Balaban J connectivity index is 1.96. The molecular formula is C20H22ClN3O4S. The molecule has 1 N–H and O–H groups in total. The minimum atomic E-state index is -3.66. The van der Waals surface area contributed by atoms with E-state index in [1.54, 1.807) is 31.2 Å². The van der Waals surface area contributed by atoms with Gasteiger partial charge in [-0.2, -0.15) is 4.31 Å². The van der Waals surface area contributed by atoms with Crippen LogP contribution in [-0.2, 0) is 26.2 Å². The summed E-state index contributed by atoms with van der Waals surface area (Å²) in [6, 6.07) is 15.9. The van der Waals surface area contributed by atoms with E-state index in [1.165, 1.54) is 4.90 Å². The number of hydrogen-bond donors (Lipinski definition) is 1. The molecule has 7 nitrogen and oxygen atoms in total. The highest BCUT2D eigenvalue weighted by atomic mass is 35.5. The van der Waals surface area contributed by atoms with Crippen molar-refractivity contribution in [2.45, 2.75) is 19.0 Å². The topological polar surface area (TPSA) is 86.8 Å². The second-order valence-corrected chi connectivity index (χ2v) is 9.60. The van der Waals surface area contributed by atoms with Gasteiger partial charge in [0, 0.05) is 23.8 Å². The van der Waals surface area contributed by atoms with Crippen molar-refractivity contribution in [3.63, 3.8) is 0 Å². The predicted octanol–water partition coefficient (Wildman–Crippen LogP) is 2.02. The summed E-state index contributed by atoms with van der Waals surface area (Å²) >= 11 is 6.08. The fourth-order valence-corrected chi connectivity index (χ4v) is 4.40. The molecule has 0 unspecified atom stereocenters. The molecule has 1 fully saturated rings. The normalized spacial score (nSPS) is 20.5. The molecule has 0 aliphatic carbocycles. The van der Waals surface area contributed by atoms with Crippen LogP contribution < -0.4 is 10.2 Å². The van der Waals surface area contributed by atoms with Crippen LogP contribution in [-0.4, -0.2) is 49.4 Å². The molecule has 0 aromatic heterocycles. The molecule has 1 aliphatic heterocycles. The summed E-state index contributed by atoms with van der Waals surface area (Å²) in [7, 11) is -3.66. The quantitative estimate of drug-likeness (QED) is 0.778. The van der Waals surface area contributed by atoms with E-state index in [0.29, 0.717) is 10.7 Å². The number of carbonyl (C=O) groups is 2. The Labute approximate surface area is 175 Å². The Bertz CT molecular complexity index is 1030. The SMILES string of the molecule is C[C@]1(C(=O)NCc2ccccc2)CN(S(C)(=O)=O)CC(=O)N1c1cccc(Cl)c1. The highest BCUT2D eigenvalue weighted by Crippen LogP contribution is 2.32. The van der Waals surface area contributed by atoms with Crippen molar-refractivity contribution in [2.24, 2.45) is 0 Å². The molecule has 1 aliphatic rings. The Hall–Kier alpha value is -2.42. The summed E-state index contributed by atoms with van der Waals surface area (Å²) in [6.45, 7) is 1.31. The number of nitrogens with one attached hydrogen (secondary N) is 1. The van der Waals surface area contributed by atoms with Crippen molar-refractivity contribution in [3.05, 3.63) is 65.2 Å². The van der Waals surface area contributed by atoms with E-state index in [1.807, 2.05) is 30.3 Å². The molecule has 0 radical (unpaired) electrons. The summed E-state index contributed by atoms with van der Waals surface area (Å²) in [6.07, 6.45) is 1.03. The molecule has 1 saturated heterocycles. The number of nitrogens with zero attached hydrogens (tertiary/aromatic N) is 2. The van der Waals surface area contributed by atoms with Crippen LogP contribution in [0.1, 0.15) is 12.5 Å². The number of amides is 2. The first kappa shape index (κ1) is 21.3. The van der Waals surface area contributed by atoms with Gasteiger partial charge >= 0.3 is 0 Å².